The number of imide groups is 3. The Morgan fingerprint density at radius 3 is 0.680 bits per heavy atom. The van der Waals surface area contributed by atoms with E-state index in [9.17, 15) is 0 Å². The number of allylic oxidation sites excluding steroid dienone is 6. The fourth-order valence-corrected chi connectivity index (χ4v) is 26.5. The van der Waals surface area contributed by atoms with Crippen LogP contribution in [0.5, 0.6) is 0 Å². The summed E-state index contributed by atoms with van der Waals surface area (Å²) in [6, 6.07) is 0. The van der Waals surface area contributed by atoms with E-state index in [4.69, 9.17) is 29.9 Å². The Morgan fingerprint density at radius 2 is 0.507 bits per heavy atom. The van der Waals surface area contributed by atoms with Gasteiger partial charge in [0, 0.05) is 55.1 Å². The van der Waals surface area contributed by atoms with E-state index in [0.717, 1.165) is 72.7 Å². The van der Waals surface area contributed by atoms with Gasteiger partial charge in [-0.25, -0.2) is 29.9 Å². The minimum Gasteiger partial charge on any atom is -0.282 e. The van der Waals surface area contributed by atoms with Gasteiger partial charge in [0.15, 0.2) is 0 Å². The number of rotatable bonds is 9. The van der Waals surface area contributed by atoms with Crippen molar-refractivity contribution in [1.82, 2.24) is 44.6 Å². The van der Waals surface area contributed by atoms with Crippen LogP contribution >= 0.6 is 0 Å². The quantitative estimate of drug-likeness (QED) is 0.113. The van der Waals surface area contributed by atoms with Crippen LogP contribution in [0.15, 0.2) is 36.5 Å². The first-order chi connectivity index (χ1) is 36.6. The lowest BCUT2D eigenvalue weighted by atomic mass is 9.53. The number of benzene rings is 1. The molecule has 15 nitrogen and oxygen atoms in total. The summed E-state index contributed by atoms with van der Waals surface area (Å²) in [7, 11) is 0. The second-order valence-corrected chi connectivity index (χ2v) is 27.3. The summed E-state index contributed by atoms with van der Waals surface area (Å²) < 4.78 is 0. The number of aromatic nitrogens is 6. The van der Waals surface area contributed by atoms with E-state index in [1.807, 2.05) is 0 Å². The molecule has 0 radical (unpaired) electrons. The topological polar surface area (TPSA) is 189 Å². The Hall–Kier alpha value is -6.12. The Bertz CT molecular complexity index is 3320. The van der Waals surface area contributed by atoms with Crippen LogP contribution in [-0.4, -0.2) is 99.7 Å². The molecule has 21 aliphatic rings. The summed E-state index contributed by atoms with van der Waals surface area (Å²) in [5.41, 5.74) is 2.79. The molecule has 15 fully saturated rings. The SMILES string of the molecule is CCCCN1C(=O)C23C4C=CC5C4C4C2c2nc6c7nc8c(nc7c7nc9c(nc7c6nc2C4C53C1=O)C1C2C3C4C=CC3C3(C(=O)N(CCCC)C(=O)C413)C92)C1C2C3C4C=CC3C13C(=O)N(CCCC)C(=O)C43C82. The third kappa shape index (κ3) is 2.81. The summed E-state index contributed by atoms with van der Waals surface area (Å²) in [5.74, 6) is -1.08. The molecule has 3 aromatic heterocycles. The first-order valence-corrected chi connectivity index (χ1v) is 29.0. The number of hydrogen-bond donors (Lipinski definition) is 0. The van der Waals surface area contributed by atoms with Crippen LogP contribution in [0.2, 0.25) is 0 Å². The van der Waals surface area contributed by atoms with Gasteiger partial charge in [-0.15, -0.1) is 0 Å². The van der Waals surface area contributed by atoms with Crippen molar-refractivity contribution in [2.45, 2.75) is 94.8 Å². The van der Waals surface area contributed by atoms with Crippen LogP contribution in [0.3, 0.4) is 0 Å². The zero-order valence-corrected chi connectivity index (χ0v) is 41.7. The molecule has 3 saturated heterocycles. The molecule has 18 atom stereocenters. The molecule has 24 bridgehead atoms. The fourth-order valence-electron chi connectivity index (χ4n) is 26.5. The van der Waals surface area contributed by atoms with Crippen LogP contribution in [-0.2, 0) is 28.8 Å². The molecule has 0 N–H and O–H groups in total. The normalized spacial score (nSPS) is 52.1. The fraction of sp³-hybridized carbons (Fsp3) is 0.600. The summed E-state index contributed by atoms with van der Waals surface area (Å²) in [6.07, 6.45) is 18.4. The molecule has 6 spiro atoms. The highest BCUT2D eigenvalue weighted by Crippen LogP contribution is 2.99. The average Bonchev–Trinajstić information content (AvgIpc) is 1.86. The molecule has 6 amide bonds. The first-order valence-electron chi connectivity index (χ1n) is 29.0. The highest BCUT2D eigenvalue weighted by atomic mass is 16.2. The zero-order valence-electron chi connectivity index (χ0n) is 41.7. The highest BCUT2D eigenvalue weighted by molar-refractivity contribution is 6.21. The van der Waals surface area contributed by atoms with Crippen molar-refractivity contribution in [3.05, 3.63) is 70.6 Å². The van der Waals surface area contributed by atoms with Gasteiger partial charge >= 0.3 is 0 Å². The maximum Gasteiger partial charge on any atom is 0.237 e. The van der Waals surface area contributed by atoms with E-state index in [1.54, 1.807) is 14.7 Å². The number of amides is 6. The summed E-state index contributed by atoms with van der Waals surface area (Å²) in [6.45, 7) is 7.55. The lowest BCUT2D eigenvalue weighted by Gasteiger charge is -2.46. The van der Waals surface area contributed by atoms with E-state index in [-0.39, 0.29) is 142 Å². The molecule has 18 unspecified atom stereocenters. The van der Waals surface area contributed by atoms with Gasteiger partial charge in [-0.2, -0.15) is 0 Å². The van der Waals surface area contributed by atoms with Crippen molar-refractivity contribution >= 4 is 68.5 Å². The summed E-state index contributed by atoms with van der Waals surface area (Å²) in [5, 5.41) is 0. The zero-order chi connectivity index (χ0) is 49.4. The lowest BCUT2D eigenvalue weighted by Crippen LogP contribution is -2.51. The second kappa shape index (κ2) is 10.8. The monoisotopic (exact) mass is 993 g/mol. The third-order valence-corrected chi connectivity index (χ3v) is 27.0. The highest BCUT2D eigenvalue weighted by Gasteiger charge is 3.02. The van der Waals surface area contributed by atoms with Crippen molar-refractivity contribution in [1.29, 1.82) is 0 Å². The molecule has 6 heterocycles. The van der Waals surface area contributed by atoms with Crippen molar-refractivity contribution < 1.29 is 28.8 Å². The lowest BCUT2D eigenvalue weighted by molar-refractivity contribution is -0.144. The molecule has 4 aromatic rings. The molecule has 372 valence electrons. The number of carbonyl (C=O) groups is 6. The molecule has 3 aliphatic heterocycles. The van der Waals surface area contributed by atoms with E-state index >= 15 is 28.8 Å². The molecular weight excluding hydrogens is 943 g/mol. The van der Waals surface area contributed by atoms with Gasteiger partial charge < -0.3 is 0 Å². The molecule has 1 aromatic carbocycles. The Balaban J connectivity index is 0.819. The van der Waals surface area contributed by atoms with Gasteiger partial charge in [0.1, 0.15) is 33.1 Å². The average molecular weight is 994 g/mol. The van der Waals surface area contributed by atoms with Gasteiger partial charge in [-0.05, 0) is 90.3 Å². The number of unbranched alkanes of at least 4 members (excludes halogenated alkanes) is 3. The Morgan fingerprint density at radius 1 is 0.320 bits per heavy atom. The predicted molar refractivity (Wildman–Crippen MR) is 261 cm³/mol. The molecular formula is C60H51N9O6. The Labute approximate surface area is 428 Å². The number of carbonyl (C=O) groups excluding carboxylic acids is 6. The van der Waals surface area contributed by atoms with E-state index in [1.165, 1.54) is 0 Å². The van der Waals surface area contributed by atoms with Gasteiger partial charge in [0.25, 0.3) is 0 Å². The minimum absolute atomic E-state index is 0.0165. The molecule has 15 heteroatoms. The largest absolute Gasteiger partial charge is 0.282 e. The number of hydrogen-bond acceptors (Lipinski definition) is 12. The van der Waals surface area contributed by atoms with Gasteiger partial charge in [0.05, 0.1) is 66.7 Å². The van der Waals surface area contributed by atoms with Crippen LogP contribution < -0.4 is 0 Å². The van der Waals surface area contributed by atoms with Crippen molar-refractivity contribution in [3.63, 3.8) is 0 Å². The minimum atomic E-state index is -0.885. The first kappa shape index (κ1) is 39.3. The third-order valence-electron chi connectivity index (χ3n) is 27.0. The maximum absolute atomic E-state index is 15.3. The summed E-state index contributed by atoms with van der Waals surface area (Å²) >= 11 is 0. The van der Waals surface area contributed by atoms with Gasteiger partial charge in [-0.1, -0.05) is 76.5 Å². The maximum atomic E-state index is 15.3. The second-order valence-electron chi connectivity index (χ2n) is 27.3. The van der Waals surface area contributed by atoms with Crippen LogP contribution in [0.4, 0.5) is 0 Å². The van der Waals surface area contributed by atoms with Crippen LogP contribution in [0.25, 0.3) is 33.1 Å². The summed E-state index contributed by atoms with van der Waals surface area (Å²) in [4.78, 5) is 131. The Kier molecular flexibility index (Phi) is 5.64. The standard InChI is InChI=1S/C60H51N9O6/c1-4-7-16-67-49(70)55-19-10-11-20-25(19)28-31(55)37-38(32(28)56(20,55)50(67)71)62-44-43(61-37)45-47(65-41-35-29-26-21-12-14-23(26)59(35)53(74)68(17-8-5-2)51(72)57(21,59)33(29)39(41)63-45)48-46(44)64-40-34-30-27-22-13-15-24(27)60(36(30)42(40)66-48)54(75)69(18-9-6-3)52(73)58(22,34)60/h10-15,19-36H,4-9,16-18H2,1-3H3. The smallest absolute Gasteiger partial charge is 0.237 e. The van der Waals surface area contributed by atoms with Gasteiger partial charge in [-0.3, -0.25) is 43.5 Å². The van der Waals surface area contributed by atoms with Crippen molar-refractivity contribution in [2.75, 3.05) is 19.6 Å². The molecule has 18 aliphatic carbocycles. The number of likely N-dealkylation sites (tertiary alicyclic amines) is 3. The number of fused-ring (bicyclic) bond motifs is 9. The molecule has 25 rings (SSSR count). The van der Waals surface area contributed by atoms with E-state index < -0.39 is 32.5 Å². The van der Waals surface area contributed by atoms with Crippen molar-refractivity contribution in [3.8, 4) is 0 Å². The number of nitrogens with zero attached hydrogens (tertiary/aromatic N) is 9. The van der Waals surface area contributed by atoms with E-state index in [2.05, 4.69) is 57.2 Å². The van der Waals surface area contributed by atoms with E-state index in [0.29, 0.717) is 52.7 Å². The molecule has 75 heavy (non-hydrogen) atoms. The van der Waals surface area contributed by atoms with Gasteiger partial charge in [0.2, 0.25) is 35.4 Å². The predicted octanol–water partition coefficient (Wildman–Crippen LogP) is 5.71. The van der Waals surface area contributed by atoms with Crippen LogP contribution in [0.1, 0.15) is 129 Å². The van der Waals surface area contributed by atoms with Crippen molar-refractivity contribution in [2.24, 2.45) is 104 Å². The molecule has 12 saturated carbocycles. The van der Waals surface area contributed by atoms with Crippen LogP contribution in [0, 0.1) is 104 Å².